The number of rotatable bonds is 2. The van der Waals surface area contributed by atoms with E-state index in [0.717, 1.165) is 23.3 Å². The Morgan fingerprint density at radius 1 is 1.62 bits per heavy atom. The monoisotopic (exact) mass is 199 g/mol. The van der Waals surface area contributed by atoms with Crippen molar-refractivity contribution in [2.45, 2.75) is 31.6 Å². The molecule has 0 aliphatic heterocycles. The fraction of sp³-hybridized carbons (Fsp3) is 0.600. The average Bonchev–Trinajstić information content (AvgIpc) is 2.30. The lowest BCUT2D eigenvalue weighted by Gasteiger charge is -2.40. The van der Waals surface area contributed by atoms with Gasteiger partial charge in [-0.15, -0.1) is 11.3 Å². The first kappa shape index (κ1) is 9.16. The molecule has 1 fully saturated rings. The molecule has 0 amide bonds. The summed E-state index contributed by atoms with van der Waals surface area (Å²) in [6.07, 6.45) is 3.29. The number of nitrogens with two attached hydrogens (primary N) is 1. The molecule has 72 valence electrons. The van der Waals surface area contributed by atoms with E-state index >= 15 is 0 Å². The molecule has 2 rings (SSSR count). The minimum Gasteiger partial charge on any atom is -0.330 e. The maximum atomic E-state index is 13.5. The minimum atomic E-state index is -0.0253. The molecule has 1 aliphatic carbocycles. The van der Waals surface area contributed by atoms with Crippen LogP contribution in [-0.4, -0.2) is 6.54 Å². The van der Waals surface area contributed by atoms with Crippen molar-refractivity contribution in [3.05, 3.63) is 21.6 Å². The third-order valence-corrected chi connectivity index (χ3v) is 3.92. The van der Waals surface area contributed by atoms with Gasteiger partial charge in [0.05, 0.1) is 0 Å². The zero-order chi connectivity index (χ0) is 9.47. The summed E-state index contributed by atoms with van der Waals surface area (Å²) in [5, 5.41) is -0.0253. The van der Waals surface area contributed by atoms with Crippen LogP contribution in [0.3, 0.4) is 0 Å². The third-order valence-electron chi connectivity index (χ3n) is 3.08. The van der Waals surface area contributed by atoms with Gasteiger partial charge in [0.15, 0.2) is 5.13 Å². The van der Waals surface area contributed by atoms with Gasteiger partial charge in [0.25, 0.3) is 0 Å². The Hall–Kier alpha value is -0.410. The molecule has 0 bridgehead atoms. The summed E-state index contributed by atoms with van der Waals surface area (Å²) >= 11 is 1.24. The highest BCUT2D eigenvalue weighted by atomic mass is 32.1. The van der Waals surface area contributed by atoms with Gasteiger partial charge in [-0.25, -0.2) is 0 Å². The van der Waals surface area contributed by atoms with Crippen LogP contribution in [0.15, 0.2) is 6.07 Å². The van der Waals surface area contributed by atoms with Gasteiger partial charge in [-0.2, -0.15) is 4.39 Å². The highest BCUT2D eigenvalue weighted by molar-refractivity contribution is 7.10. The Labute approximate surface area is 81.8 Å². The second-order valence-electron chi connectivity index (χ2n) is 3.88. The lowest BCUT2D eigenvalue weighted by atomic mass is 9.65. The first-order chi connectivity index (χ1) is 6.18. The smallest absolute Gasteiger partial charge is 0.180 e. The number of hydrogen-bond acceptors (Lipinski definition) is 2. The van der Waals surface area contributed by atoms with E-state index < -0.39 is 0 Å². The maximum Gasteiger partial charge on any atom is 0.180 e. The summed E-state index contributed by atoms with van der Waals surface area (Å²) in [5.74, 6) is 0. The topological polar surface area (TPSA) is 26.0 Å². The van der Waals surface area contributed by atoms with Gasteiger partial charge in [0, 0.05) is 22.4 Å². The first-order valence-corrected chi connectivity index (χ1v) is 5.46. The quantitative estimate of drug-likeness (QED) is 0.778. The summed E-state index contributed by atoms with van der Waals surface area (Å²) in [5.41, 5.74) is 6.56. The molecular formula is C10H14FNS. The average molecular weight is 199 g/mol. The highest BCUT2D eigenvalue weighted by Gasteiger charge is 2.40. The van der Waals surface area contributed by atoms with E-state index in [-0.39, 0.29) is 10.5 Å². The molecule has 0 unspecified atom stereocenters. The van der Waals surface area contributed by atoms with Crippen LogP contribution < -0.4 is 5.73 Å². The van der Waals surface area contributed by atoms with Crippen LogP contribution >= 0.6 is 11.3 Å². The summed E-state index contributed by atoms with van der Waals surface area (Å²) < 4.78 is 13.5. The van der Waals surface area contributed by atoms with Crippen molar-refractivity contribution in [3.63, 3.8) is 0 Å². The fourth-order valence-corrected chi connectivity index (χ4v) is 2.88. The minimum absolute atomic E-state index is 0.0190. The number of halogens is 1. The molecule has 1 nitrogen and oxygen atoms in total. The van der Waals surface area contributed by atoms with E-state index in [1.807, 2.05) is 13.0 Å². The van der Waals surface area contributed by atoms with Gasteiger partial charge in [-0.05, 0) is 25.8 Å². The summed E-state index contributed by atoms with van der Waals surface area (Å²) in [6.45, 7) is 2.53. The summed E-state index contributed by atoms with van der Waals surface area (Å²) in [7, 11) is 0. The van der Waals surface area contributed by atoms with Crippen LogP contribution in [0.5, 0.6) is 0 Å². The van der Waals surface area contributed by atoms with Crippen molar-refractivity contribution in [2.24, 2.45) is 5.73 Å². The summed E-state index contributed by atoms with van der Waals surface area (Å²) in [6, 6.07) is 1.96. The van der Waals surface area contributed by atoms with Gasteiger partial charge < -0.3 is 5.73 Å². The Morgan fingerprint density at radius 2 is 2.31 bits per heavy atom. The van der Waals surface area contributed by atoms with E-state index in [1.54, 1.807) is 0 Å². The zero-order valence-corrected chi connectivity index (χ0v) is 8.59. The fourth-order valence-electron chi connectivity index (χ4n) is 2.03. The van der Waals surface area contributed by atoms with E-state index in [4.69, 9.17) is 5.73 Å². The molecule has 0 aromatic carbocycles. The molecule has 0 radical (unpaired) electrons. The second-order valence-corrected chi connectivity index (χ2v) is 5.09. The van der Waals surface area contributed by atoms with Gasteiger partial charge in [-0.3, -0.25) is 0 Å². The number of aryl methyl sites for hydroxylation is 1. The second kappa shape index (κ2) is 3.07. The third kappa shape index (κ3) is 1.30. The molecule has 1 aliphatic rings. The SMILES string of the molecule is Cc1cc(C2(CN)CCC2)c(F)s1. The Kier molecular flexibility index (Phi) is 2.16. The van der Waals surface area contributed by atoms with E-state index in [9.17, 15) is 4.39 Å². The van der Waals surface area contributed by atoms with Crippen LogP contribution in [0.25, 0.3) is 0 Å². The van der Waals surface area contributed by atoms with E-state index in [2.05, 4.69) is 0 Å². The van der Waals surface area contributed by atoms with E-state index in [0.29, 0.717) is 6.54 Å². The van der Waals surface area contributed by atoms with Crippen LogP contribution in [-0.2, 0) is 5.41 Å². The molecule has 3 heteroatoms. The zero-order valence-electron chi connectivity index (χ0n) is 7.77. The van der Waals surface area contributed by atoms with Gasteiger partial charge in [0.2, 0.25) is 0 Å². The molecule has 0 atom stereocenters. The van der Waals surface area contributed by atoms with Gasteiger partial charge >= 0.3 is 0 Å². The molecular weight excluding hydrogens is 185 g/mol. The Bertz CT molecular complexity index is 309. The molecule has 1 heterocycles. The predicted molar refractivity (Wildman–Crippen MR) is 53.6 cm³/mol. The van der Waals surface area contributed by atoms with Crippen LogP contribution in [0.2, 0.25) is 0 Å². The Balaban J connectivity index is 2.37. The molecule has 13 heavy (non-hydrogen) atoms. The largest absolute Gasteiger partial charge is 0.330 e. The van der Waals surface area contributed by atoms with Crippen molar-refractivity contribution in [1.29, 1.82) is 0 Å². The maximum absolute atomic E-state index is 13.5. The van der Waals surface area contributed by atoms with Crippen molar-refractivity contribution in [3.8, 4) is 0 Å². The molecule has 0 saturated heterocycles. The predicted octanol–water partition coefficient (Wildman–Crippen LogP) is 2.58. The van der Waals surface area contributed by atoms with Crippen molar-refractivity contribution >= 4 is 11.3 Å². The normalized spacial score (nSPS) is 19.9. The molecule has 1 aromatic rings. The molecule has 0 spiro atoms. The number of hydrogen-bond donors (Lipinski definition) is 1. The number of thiophene rings is 1. The van der Waals surface area contributed by atoms with Crippen LogP contribution in [0.4, 0.5) is 4.39 Å². The lowest BCUT2D eigenvalue weighted by Crippen LogP contribution is -2.41. The molecule has 1 saturated carbocycles. The van der Waals surface area contributed by atoms with Crippen molar-refractivity contribution in [2.75, 3.05) is 6.54 Å². The molecule has 2 N–H and O–H groups in total. The van der Waals surface area contributed by atoms with Crippen LogP contribution in [0.1, 0.15) is 29.7 Å². The highest BCUT2D eigenvalue weighted by Crippen LogP contribution is 2.45. The first-order valence-electron chi connectivity index (χ1n) is 4.64. The molecule has 1 aromatic heterocycles. The van der Waals surface area contributed by atoms with Gasteiger partial charge in [-0.1, -0.05) is 6.42 Å². The Morgan fingerprint density at radius 3 is 2.62 bits per heavy atom. The van der Waals surface area contributed by atoms with E-state index in [1.165, 1.54) is 17.8 Å². The standard InChI is InChI=1S/C10H14FNS/c1-7-5-8(9(11)13-7)10(6-12)3-2-4-10/h5H,2-4,6,12H2,1H3. The van der Waals surface area contributed by atoms with Gasteiger partial charge in [0.1, 0.15) is 0 Å². The van der Waals surface area contributed by atoms with Crippen molar-refractivity contribution in [1.82, 2.24) is 0 Å². The van der Waals surface area contributed by atoms with Crippen LogP contribution in [0, 0.1) is 12.1 Å². The summed E-state index contributed by atoms with van der Waals surface area (Å²) in [4.78, 5) is 1.05. The van der Waals surface area contributed by atoms with Crippen molar-refractivity contribution < 1.29 is 4.39 Å². The lowest BCUT2D eigenvalue weighted by molar-refractivity contribution is 0.246.